The van der Waals surface area contributed by atoms with Crippen molar-refractivity contribution >= 4 is 10.9 Å². The van der Waals surface area contributed by atoms with Crippen LogP contribution in [0.15, 0.2) is 72.8 Å². The van der Waals surface area contributed by atoms with E-state index in [1.807, 2.05) is 0 Å². The number of hydrogen-bond acceptors (Lipinski definition) is 2. The first-order valence-corrected chi connectivity index (χ1v) is 11.4. The largest absolute Gasteiger partial charge is 0.325 e. The van der Waals surface area contributed by atoms with Crippen LogP contribution in [-0.2, 0) is 19.4 Å². The maximum atomic E-state index is 6.34. The van der Waals surface area contributed by atoms with Gasteiger partial charge in [0.15, 0.2) is 0 Å². The summed E-state index contributed by atoms with van der Waals surface area (Å²) in [5.74, 6) is 0. The molecule has 1 aliphatic heterocycles. The number of hydrogen-bond donors (Lipinski definition) is 1. The summed E-state index contributed by atoms with van der Waals surface area (Å²) in [5.41, 5.74) is 15.8. The molecule has 2 N–H and O–H groups in total. The number of rotatable bonds is 4. The second-order valence-corrected chi connectivity index (χ2v) is 9.55. The van der Waals surface area contributed by atoms with Crippen LogP contribution in [0.3, 0.4) is 0 Å². The van der Waals surface area contributed by atoms with E-state index in [0.29, 0.717) is 0 Å². The highest BCUT2D eigenvalue weighted by atomic mass is 15.1. The Labute approximate surface area is 184 Å². The zero-order valence-corrected chi connectivity index (χ0v) is 18.1. The lowest BCUT2D eigenvalue weighted by molar-refractivity contribution is 0.307. The van der Waals surface area contributed by atoms with E-state index in [0.717, 1.165) is 38.8 Å². The van der Waals surface area contributed by atoms with E-state index >= 15 is 0 Å². The zero-order chi connectivity index (χ0) is 21.0. The summed E-state index contributed by atoms with van der Waals surface area (Å²) < 4.78 is 2.48. The Morgan fingerprint density at radius 1 is 0.903 bits per heavy atom. The summed E-state index contributed by atoms with van der Waals surface area (Å²) >= 11 is 0. The van der Waals surface area contributed by atoms with Gasteiger partial charge in [-0.25, -0.2) is 0 Å². The maximum absolute atomic E-state index is 6.34. The molecule has 31 heavy (non-hydrogen) atoms. The van der Waals surface area contributed by atoms with Gasteiger partial charge < -0.3 is 15.2 Å². The Hall–Kier alpha value is -2.88. The highest BCUT2D eigenvalue weighted by molar-refractivity contribution is 5.91. The van der Waals surface area contributed by atoms with Gasteiger partial charge in [0.2, 0.25) is 0 Å². The molecule has 4 aromatic rings. The predicted octanol–water partition coefficient (Wildman–Crippen LogP) is 5.32. The van der Waals surface area contributed by atoms with E-state index in [1.54, 1.807) is 0 Å². The number of aromatic nitrogens is 1. The summed E-state index contributed by atoms with van der Waals surface area (Å²) in [6.07, 6.45) is 4.39. The molecule has 6 rings (SSSR count). The third-order valence-corrected chi connectivity index (χ3v) is 7.09. The predicted molar refractivity (Wildman–Crippen MR) is 129 cm³/mol. The highest BCUT2D eigenvalue weighted by Gasteiger charge is 2.37. The van der Waals surface area contributed by atoms with E-state index in [2.05, 4.69) is 89.3 Å². The Bertz CT molecular complexity index is 1250. The molecule has 3 nitrogen and oxygen atoms in total. The number of fused-ring (bicyclic) bond motifs is 3. The molecular formula is C28H29N3. The lowest BCUT2D eigenvalue weighted by Crippen LogP contribution is -2.27. The molecule has 1 saturated carbocycles. The summed E-state index contributed by atoms with van der Waals surface area (Å²) in [5, 5.41) is 1.40. The molecule has 0 amide bonds. The van der Waals surface area contributed by atoms with E-state index in [9.17, 15) is 0 Å². The monoisotopic (exact) mass is 407 g/mol. The summed E-state index contributed by atoms with van der Waals surface area (Å²) in [6.45, 7) is 2.09. The van der Waals surface area contributed by atoms with Crippen molar-refractivity contribution in [2.24, 2.45) is 5.73 Å². The topological polar surface area (TPSA) is 34.2 Å². The van der Waals surface area contributed by atoms with Gasteiger partial charge in [0.1, 0.15) is 0 Å². The van der Waals surface area contributed by atoms with E-state index in [4.69, 9.17) is 5.73 Å². The van der Waals surface area contributed by atoms with Crippen molar-refractivity contribution in [2.75, 3.05) is 13.6 Å². The van der Waals surface area contributed by atoms with Gasteiger partial charge in [-0.3, -0.25) is 0 Å². The summed E-state index contributed by atoms with van der Waals surface area (Å²) in [4.78, 5) is 2.43. The van der Waals surface area contributed by atoms with Crippen LogP contribution in [-0.4, -0.2) is 28.6 Å². The Morgan fingerprint density at radius 2 is 1.68 bits per heavy atom. The molecular weight excluding hydrogens is 378 g/mol. The SMILES string of the molecule is CN1CCc2c(n(-c3ccc(CC4(N)CC4)cc3)c3ccc(-c4ccccc4)cc23)C1. The van der Waals surface area contributed by atoms with Crippen molar-refractivity contribution < 1.29 is 0 Å². The van der Waals surface area contributed by atoms with Crippen LogP contribution < -0.4 is 5.73 Å². The van der Waals surface area contributed by atoms with Crippen molar-refractivity contribution in [2.45, 2.75) is 37.8 Å². The highest BCUT2D eigenvalue weighted by Crippen LogP contribution is 2.37. The van der Waals surface area contributed by atoms with Gasteiger partial charge in [-0.15, -0.1) is 0 Å². The van der Waals surface area contributed by atoms with Crippen molar-refractivity contribution in [1.82, 2.24) is 9.47 Å². The molecule has 3 heteroatoms. The molecule has 0 radical (unpaired) electrons. The maximum Gasteiger partial charge on any atom is 0.0535 e. The minimum absolute atomic E-state index is 0.0530. The average molecular weight is 408 g/mol. The van der Waals surface area contributed by atoms with Crippen LogP contribution in [0.1, 0.15) is 29.7 Å². The quantitative estimate of drug-likeness (QED) is 0.497. The minimum Gasteiger partial charge on any atom is -0.325 e. The zero-order valence-electron chi connectivity index (χ0n) is 18.1. The van der Waals surface area contributed by atoms with Gasteiger partial charge in [-0.1, -0.05) is 48.5 Å². The van der Waals surface area contributed by atoms with E-state index in [1.165, 1.54) is 44.5 Å². The van der Waals surface area contributed by atoms with Gasteiger partial charge in [0, 0.05) is 35.4 Å². The molecule has 0 atom stereocenters. The number of nitrogens with zero attached hydrogens (tertiary/aromatic N) is 2. The number of benzene rings is 3. The van der Waals surface area contributed by atoms with Gasteiger partial charge in [0.05, 0.1) is 5.52 Å². The third-order valence-electron chi connectivity index (χ3n) is 7.09. The molecule has 1 aliphatic carbocycles. The van der Waals surface area contributed by atoms with Crippen LogP contribution in [0.5, 0.6) is 0 Å². The van der Waals surface area contributed by atoms with Gasteiger partial charge in [-0.2, -0.15) is 0 Å². The lowest BCUT2D eigenvalue weighted by Gasteiger charge is -2.24. The molecule has 1 fully saturated rings. The first kappa shape index (κ1) is 18.9. The fourth-order valence-electron chi connectivity index (χ4n) is 5.10. The van der Waals surface area contributed by atoms with Crippen LogP contribution in [0.2, 0.25) is 0 Å². The van der Waals surface area contributed by atoms with Crippen molar-refractivity contribution in [3.63, 3.8) is 0 Å². The fraction of sp³-hybridized carbons (Fsp3) is 0.286. The van der Waals surface area contributed by atoms with Gasteiger partial charge >= 0.3 is 0 Å². The molecule has 2 aliphatic rings. The average Bonchev–Trinajstić information content (AvgIpc) is 3.43. The van der Waals surface area contributed by atoms with Gasteiger partial charge in [0.25, 0.3) is 0 Å². The smallest absolute Gasteiger partial charge is 0.0535 e. The molecule has 3 aromatic carbocycles. The molecule has 2 heterocycles. The Kier molecular flexibility index (Phi) is 4.31. The fourth-order valence-corrected chi connectivity index (χ4v) is 5.10. The summed E-state index contributed by atoms with van der Waals surface area (Å²) in [6, 6.07) is 26.8. The minimum atomic E-state index is 0.0530. The Balaban J connectivity index is 1.48. The molecule has 0 spiro atoms. The lowest BCUT2D eigenvalue weighted by atomic mass is 9.99. The number of likely N-dealkylation sites (N-methyl/N-ethyl adjacent to an activating group) is 1. The Morgan fingerprint density at radius 3 is 2.42 bits per heavy atom. The van der Waals surface area contributed by atoms with E-state index in [-0.39, 0.29) is 5.54 Å². The van der Waals surface area contributed by atoms with Crippen LogP contribution >= 0.6 is 0 Å². The molecule has 1 aromatic heterocycles. The van der Waals surface area contributed by atoms with Crippen molar-refractivity contribution in [3.8, 4) is 16.8 Å². The summed E-state index contributed by atoms with van der Waals surface area (Å²) in [7, 11) is 2.22. The second-order valence-electron chi connectivity index (χ2n) is 9.55. The molecule has 0 unspecified atom stereocenters. The normalized spacial score (nSPS) is 17.6. The first-order valence-electron chi connectivity index (χ1n) is 11.4. The first-order chi connectivity index (χ1) is 15.1. The van der Waals surface area contributed by atoms with E-state index < -0.39 is 0 Å². The van der Waals surface area contributed by atoms with Crippen LogP contribution in [0, 0.1) is 0 Å². The third kappa shape index (κ3) is 3.38. The van der Waals surface area contributed by atoms with Crippen LogP contribution in [0.25, 0.3) is 27.7 Å². The molecule has 0 bridgehead atoms. The van der Waals surface area contributed by atoms with Crippen molar-refractivity contribution in [3.05, 3.63) is 89.6 Å². The molecule has 156 valence electrons. The number of nitrogens with two attached hydrogens (primary N) is 1. The standard InChI is InChI=1S/C28H29N3/c1-30-16-13-24-25-17-22(21-5-3-2-4-6-21)9-12-26(25)31(27(24)19-30)23-10-7-20(8-11-23)18-28(29)14-15-28/h2-12,17H,13-16,18-19,29H2,1H3. The van der Waals surface area contributed by atoms with Crippen LogP contribution in [0.4, 0.5) is 0 Å². The van der Waals surface area contributed by atoms with Crippen molar-refractivity contribution in [1.29, 1.82) is 0 Å². The second kappa shape index (κ2) is 7.08. The van der Waals surface area contributed by atoms with Gasteiger partial charge in [-0.05, 0) is 79.3 Å². The molecule has 0 saturated heterocycles.